The third-order valence-electron chi connectivity index (χ3n) is 2.92. The molecule has 1 heterocycles. The third kappa shape index (κ3) is 3.32. The van der Waals surface area contributed by atoms with Gasteiger partial charge in [-0.15, -0.1) is 0 Å². The summed E-state index contributed by atoms with van der Waals surface area (Å²) in [7, 11) is 2.12. The van der Waals surface area contributed by atoms with Crippen LogP contribution in [0.3, 0.4) is 0 Å². The molecule has 1 aromatic heterocycles. The quantitative estimate of drug-likeness (QED) is 0.793. The van der Waals surface area contributed by atoms with Crippen molar-refractivity contribution in [1.82, 2.24) is 15.2 Å². The summed E-state index contributed by atoms with van der Waals surface area (Å²) >= 11 is 0. The Hall–Kier alpha value is -0.870. The molecule has 90 valence electrons. The van der Waals surface area contributed by atoms with Crippen molar-refractivity contribution in [2.45, 2.75) is 39.3 Å². The SMILES string of the molecule is Cc1nc(C)c(CN(C)CCNC2CC2)o1. The van der Waals surface area contributed by atoms with E-state index >= 15 is 0 Å². The van der Waals surface area contributed by atoms with Gasteiger partial charge in [0.05, 0.1) is 12.2 Å². The van der Waals surface area contributed by atoms with Crippen LogP contribution in [0.1, 0.15) is 30.2 Å². The standard InChI is InChI=1S/C12H21N3O/c1-9-12(16-10(2)14-9)8-15(3)7-6-13-11-4-5-11/h11,13H,4-8H2,1-3H3. The number of nitrogens with one attached hydrogen (secondary N) is 1. The van der Waals surface area contributed by atoms with E-state index in [9.17, 15) is 0 Å². The summed E-state index contributed by atoms with van der Waals surface area (Å²) in [5, 5.41) is 3.51. The molecule has 1 aliphatic carbocycles. The maximum atomic E-state index is 5.55. The maximum absolute atomic E-state index is 5.55. The van der Waals surface area contributed by atoms with Crippen molar-refractivity contribution < 1.29 is 4.42 Å². The van der Waals surface area contributed by atoms with E-state index in [1.165, 1.54) is 12.8 Å². The fourth-order valence-electron chi connectivity index (χ4n) is 1.79. The number of likely N-dealkylation sites (N-methyl/N-ethyl adjacent to an activating group) is 1. The van der Waals surface area contributed by atoms with Crippen LogP contribution in [0.5, 0.6) is 0 Å². The van der Waals surface area contributed by atoms with Gasteiger partial charge in [0.2, 0.25) is 0 Å². The van der Waals surface area contributed by atoms with Crippen LogP contribution < -0.4 is 5.32 Å². The highest BCUT2D eigenvalue weighted by Crippen LogP contribution is 2.18. The van der Waals surface area contributed by atoms with Crippen molar-refractivity contribution >= 4 is 0 Å². The molecule has 0 aliphatic heterocycles. The van der Waals surface area contributed by atoms with Gasteiger partial charge in [0.1, 0.15) is 5.76 Å². The lowest BCUT2D eigenvalue weighted by Crippen LogP contribution is -2.30. The predicted molar refractivity (Wildman–Crippen MR) is 63.3 cm³/mol. The van der Waals surface area contributed by atoms with Gasteiger partial charge in [0.15, 0.2) is 5.89 Å². The van der Waals surface area contributed by atoms with Crippen molar-refractivity contribution in [3.8, 4) is 0 Å². The number of hydrogen-bond donors (Lipinski definition) is 1. The lowest BCUT2D eigenvalue weighted by Gasteiger charge is -2.15. The van der Waals surface area contributed by atoms with Gasteiger partial charge in [-0.25, -0.2) is 4.98 Å². The summed E-state index contributed by atoms with van der Waals surface area (Å²) in [6, 6.07) is 0.794. The van der Waals surface area contributed by atoms with Crippen LogP contribution in [0, 0.1) is 13.8 Å². The van der Waals surface area contributed by atoms with E-state index in [2.05, 4.69) is 22.2 Å². The molecule has 0 amide bonds. The van der Waals surface area contributed by atoms with Crippen LogP contribution in [0.2, 0.25) is 0 Å². The molecular formula is C12H21N3O. The van der Waals surface area contributed by atoms with E-state index in [1.807, 2.05) is 13.8 Å². The van der Waals surface area contributed by atoms with Crippen molar-refractivity contribution in [3.05, 3.63) is 17.3 Å². The van der Waals surface area contributed by atoms with Gasteiger partial charge in [0, 0.05) is 26.1 Å². The van der Waals surface area contributed by atoms with Crippen molar-refractivity contribution in [2.75, 3.05) is 20.1 Å². The number of oxazole rings is 1. The van der Waals surface area contributed by atoms with Gasteiger partial charge in [0.25, 0.3) is 0 Å². The Morgan fingerprint density at radius 2 is 2.19 bits per heavy atom. The molecule has 0 saturated heterocycles. The van der Waals surface area contributed by atoms with Crippen molar-refractivity contribution in [1.29, 1.82) is 0 Å². The smallest absolute Gasteiger partial charge is 0.191 e. The maximum Gasteiger partial charge on any atom is 0.191 e. The lowest BCUT2D eigenvalue weighted by atomic mass is 10.3. The molecule has 0 spiro atoms. The highest BCUT2D eigenvalue weighted by molar-refractivity contribution is 5.06. The van der Waals surface area contributed by atoms with Crippen LogP contribution in [-0.4, -0.2) is 36.1 Å². The Morgan fingerprint density at radius 3 is 2.75 bits per heavy atom. The second-order valence-electron chi connectivity index (χ2n) is 4.71. The first-order valence-corrected chi connectivity index (χ1v) is 6.00. The molecule has 4 heteroatoms. The van der Waals surface area contributed by atoms with Gasteiger partial charge in [-0.3, -0.25) is 4.90 Å². The second kappa shape index (κ2) is 4.97. The molecule has 1 saturated carbocycles. The zero-order chi connectivity index (χ0) is 11.5. The minimum Gasteiger partial charge on any atom is -0.444 e. The Bertz CT molecular complexity index is 344. The summed E-state index contributed by atoms with van der Waals surface area (Å²) in [5.74, 6) is 1.75. The van der Waals surface area contributed by atoms with Gasteiger partial charge in [-0.2, -0.15) is 0 Å². The number of aromatic nitrogens is 1. The molecular weight excluding hydrogens is 202 g/mol. The van der Waals surface area contributed by atoms with Crippen molar-refractivity contribution in [2.24, 2.45) is 0 Å². The Labute approximate surface area is 97.0 Å². The molecule has 4 nitrogen and oxygen atoms in total. The fraction of sp³-hybridized carbons (Fsp3) is 0.750. The normalized spacial score (nSPS) is 16.0. The third-order valence-corrected chi connectivity index (χ3v) is 2.92. The summed E-state index contributed by atoms with van der Waals surface area (Å²) in [6.07, 6.45) is 2.70. The lowest BCUT2D eigenvalue weighted by molar-refractivity contribution is 0.290. The monoisotopic (exact) mass is 223 g/mol. The molecule has 1 N–H and O–H groups in total. The van der Waals surface area contributed by atoms with Crippen molar-refractivity contribution in [3.63, 3.8) is 0 Å². The van der Waals surface area contributed by atoms with E-state index < -0.39 is 0 Å². The predicted octanol–water partition coefficient (Wildman–Crippen LogP) is 1.48. The molecule has 0 aromatic carbocycles. The van der Waals surface area contributed by atoms with Crippen LogP contribution in [0.15, 0.2) is 4.42 Å². The fourth-order valence-corrected chi connectivity index (χ4v) is 1.79. The minimum atomic E-state index is 0.761. The minimum absolute atomic E-state index is 0.761. The second-order valence-corrected chi connectivity index (χ2v) is 4.71. The first-order chi connectivity index (χ1) is 7.65. The Kier molecular flexibility index (Phi) is 3.61. The van der Waals surface area contributed by atoms with E-state index in [0.717, 1.165) is 43.0 Å². The number of nitrogens with zero attached hydrogens (tertiary/aromatic N) is 2. The van der Waals surface area contributed by atoms with Crippen LogP contribution in [-0.2, 0) is 6.54 Å². The molecule has 0 radical (unpaired) electrons. The van der Waals surface area contributed by atoms with Crippen LogP contribution in [0.25, 0.3) is 0 Å². The summed E-state index contributed by atoms with van der Waals surface area (Å²) in [5.41, 5.74) is 1.01. The van der Waals surface area contributed by atoms with Gasteiger partial charge in [-0.05, 0) is 26.8 Å². The van der Waals surface area contributed by atoms with Gasteiger partial charge >= 0.3 is 0 Å². The molecule has 0 bridgehead atoms. The average Bonchev–Trinajstić information content (AvgIpc) is 2.95. The molecule has 1 fully saturated rings. The summed E-state index contributed by atoms with van der Waals surface area (Å²) < 4.78 is 5.55. The summed E-state index contributed by atoms with van der Waals surface area (Å²) in [4.78, 5) is 6.54. The van der Waals surface area contributed by atoms with E-state index in [-0.39, 0.29) is 0 Å². The average molecular weight is 223 g/mol. The molecule has 0 unspecified atom stereocenters. The summed E-state index contributed by atoms with van der Waals surface area (Å²) in [6.45, 7) is 6.86. The molecule has 2 rings (SSSR count). The highest BCUT2D eigenvalue weighted by Gasteiger charge is 2.19. The number of hydrogen-bond acceptors (Lipinski definition) is 4. The Morgan fingerprint density at radius 1 is 1.44 bits per heavy atom. The topological polar surface area (TPSA) is 41.3 Å². The first-order valence-electron chi connectivity index (χ1n) is 6.00. The Balaban J connectivity index is 1.72. The van der Waals surface area contributed by atoms with Crippen LogP contribution >= 0.6 is 0 Å². The molecule has 0 atom stereocenters. The molecule has 1 aromatic rings. The van der Waals surface area contributed by atoms with Gasteiger partial charge < -0.3 is 9.73 Å². The van der Waals surface area contributed by atoms with Gasteiger partial charge in [-0.1, -0.05) is 0 Å². The zero-order valence-electron chi connectivity index (χ0n) is 10.4. The van der Waals surface area contributed by atoms with E-state index in [1.54, 1.807) is 0 Å². The number of aryl methyl sites for hydroxylation is 2. The van der Waals surface area contributed by atoms with E-state index in [4.69, 9.17) is 4.42 Å². The molecule has 1 aliphatic rings. The first kappa shape index (κ1) is 11.6. The molecule has 16 heavy (non-hydrogen) atoms. The van der Waals surface area contributed by atoms with Crippen LogP contribution in [0.4, 0.5) is 0 Å². The largest absolute Gasteiger partial charge is 0.444 e. The number of rotatable bonds is 6. The zero-order valence-corrected chi connectivity index (χ0v) is 10.4. The highest BCUT2D eigenvalue weighted by atomic mass is 16.4. The van der Waals surface area contributed by atoms with E-state index in [0.29, 0.717) is 0 Å².